The highest BCUT2D eigenvalue weighted by Crippen LogP contribution is 2.37. The van der Waals surface area contributed by atoms with Crippen LogP contribution in [-0.4, -0.2) is 39.1 Å². The first kappa shape index (κ1) is 19.1. The van der Waals surface area contributed by atoms with Gasteiger partial charge < -0.3 is 13.9 Å². The van der Waals surface area contributed by atoms with Gasteiger partial charge >= 0.3 is 11.9 Å². The molecule has 0 radical (unpaired) electrons. The molecule has 0 heterocycles. The fourth-order valence-electron chi connectivity index (χ4n) is 1.24. The molecule has 0 aliphatic rings. The third-order valence-electron chi connectivity index (χ3n) is 3.52. The van der Waals surface area contributed by atoms with Crippen LogP contribution in [0.25, 0.3) is 0 Å². The quantitative estimate of drug-likeness (QED) is 0.558. The second-order valence-electron chi connectivity index (χ2n) is 6.35. The van der Waals surface area contributed by atoms with Gasteiger partial charge in [0.25, 0.3) is 0 Å². The molecular weight excluding hydrogens is 276 g/mol. The predicted molar refractivity (Wildman–Crippen MR) is 79.9 cm³/mol. The molecule has 0 unspecified atom stereocenters. The van der Waals surface area contributed by atoms with Gasteiger partial charge in [-0.2, -0.15) is 0 Å². The van der Waals surface area contributed by atoms with Crippen LogP contribution in [0.15, 0.2) is 0 Å². The number of esters is 2. The molecule has 0 aromatic rings. The Kier molecular flexibility index (Phi) is 6.90. The molecule has 0 fully saturated rings. The third-order valence-corrected chi connectivity index (χ3v) is 8.08. The molecule has 0 aromatic carbocycles. The lowest BCUT2D eigenvalue weighted by molar-refractivity contribution is -0.170. The number of hydrogen-bond donors (Lipinski definition) is 0. The molecule has 2 atom stereocenters. The number of rotatable bonds is 6. The molecule has 0 N–H and O–H groups in total. The minimum Gasteiger partial charge on any atom is -0.463 e. The molecule has 0 bridgehead atoms. The number of hydrogen-bond acceptors (Lipinski definition) is 5. The second kappa shape index (κ2) is 7.22. The van der Waals surface area contributed by atoms with Crippen molar-refractivity contribution in [1.82, 2.24) is 0 Å². The van der Waals surface area contributed by atoms with E-state index in [1.54, 1.807) is 13.8 Å². The first-order valence-electron chi connectivity index (χ1n) is 6.97. The molecule has 5 nitrogen and oxygen atoms in total. The van der Waals surface area contributed by atoms with Crippen molar-refractivity contribution in [2.45, 2.75) is 71.9 Å². The van der Waals surface area contributed by atoms with Crippen LogP contribution in [0.5, 0.6) is 0 Å². The largest absolute Gasteiger partial charge is 0.463 e. The molecule has 0 aromatic heterocycles. The summed E-state index contributed by atoms with van der Waals surface area (Å²) in [6, 6.07) is 0. The van der Waals surface area contributed by atoms with Gasteiger partial charge in [-0.3, -0.25) is 0 Å². The Hall–Kier alpha value is -0.883. The van der Waals surface area contributed by atoms with E-state index in [0.717, 1.165) is 0 Å². The molecular formula is C14H28O5Si. The summed E-state index contributed by atoms with van der Waals surface area (Å²) in [6.07, 6.45) is -1.60. The number of carbonyl (C=O) groups is 2. The van der Waals surface area contributed by atoms with Gasteiger partial charge in [-0.15, -0.1) is 0 Å². The highest BCUT2D eigenvalue weighted by Gasteiger charge is 2.40. The molecule has 118 valence electrons. The minimum absolute atomic E-state index is 0.00823. The molecule has 6 heteroatoms. The molecule has 0 aliphatic heterocycles. The van der Waals surface area contributed by atoms with Crippen molar-refractivity contribution in [3.05, 3.63) is 0 Å². The summed E-state index contributed by atoms with van der Waals surface area (Å²) in [7, 11) is -2.04. The fourth-order valence-corrected chi connectivity index (χ4v) is 2.58. The molecule has 0 amide bonds. The van der Waals surface area contributed by atoms with E-state index < -0.39 is 32.5 Å². The van der Waals surface area contributed by atoms with Crippen LogP contribution < -0.4 is 0 Å². The van der Waals surface area contributed by atoms with Gasteiger partial charge in [0, 0.05) is 0 Å². The van der Waals surface area contributed by atoms with Crippen LogP contribution in [0.4, 0.5) is 0 Å². The van der Waals surface area contributed by atoms with Crippen LogP contribution in [0, 0.1) is 0 Å². The van der Waals surface area contributed by atoms with Gasteiger partial charge in [0.1, 0.15) is 6.10 Å². The Morgan fingerprint density at radius 2 is 1.55 bits per heavy atom. The van der Waals surface area contributed by atoms with Crippen molar-refractivity contribution in [3.8, 4) is 0 Å². The van der Waals surface area contributed by atoms with E-state index in [-0.39, 0.29) is 11.6 Å². The average molecular weight is 304 g/mol. The fraction of sp³-hybridized carbons (Fsp3) is 0.857. The van der Waals surface area contributed by atoms with Gasteiger partial charge in [-0.05, 0) is 38.9 Å². The Balaban J connectivity index is 4.54. The maximum Gasteiger partial charge on any atom is 0.347 e. The maximum atomic E-state index is 11.9. The predicted octanol–water partition coefficient (Wildman–Crippen LogP) is 2.89. The summed E-state index contributed by atoms with van der Waals surface area (Å²) in [5.74, 6) is -1.07. The van der Waals surface area contributed by atoms with Crippen LogP contribution in [0.2, 0.25) is 18.1 Å². The topological polar surface area (TPSA) is 61.8 Å². The summed E-state index contributed by atoms with van der Waals surface area (Å²) in [6.45, 7) is 15.5. The van der Waals surface area contributed by atoms with E-state index in [1.807, 2.05) is 0 Å². The molecule has 0 rings (SSSR count). The number of ether oxygens (including phenoxy) is 2. The van der Waals surface area contributed by atoms with E-state index in [4.69, 9.17) is 13.9 Å². The van der Waals surface area contributed by atoms with E-state index in [9.17, 15) is 9.59 Å². The first-order chi connectivity index (χ1) is 8.92. The van der Waals surface area contributed by atoms with Gasteiger partial charge in [0.15, 0.2) is 14.4 Å². The molecule has 0 saturated carbocycles. The Bertz CT molecular complexity index is 346. The Labute approximate surface area is 123 Å². The summed E-state index contributed by atoms with van der Waals surface area (Å²) in [5, 5.41) is 0.00823. The van der Waals surface area contributed by atoms with Crippen LogP contribution >= 0.6 is 0 Å². The molecule has 20 heavy (non-hydrogen) atoms. The van der Waals surface area contributed by atoms with Crippen molar-refractivity contribution in [2.75, 3.05) is 6.61 Å². The van der Waals surface area contributed by atoms with Crippen molar-refractivity contribution in [1.29, 1.82) is 0 Å². The zero-order valence-corrected chi connectivity index (χ0v) is 14.9. The highest BCUT2D eigenvalue weighted by molar-refractivity contribution is 6.74. The lowest BCUT2D eigenvalue weighted by Gasteiger charge is -2.37. The smallest absolute Gasteiger partial charge is 0.347 e. The van der Waals surface area contributed by atoms with Crippen LogP contribution in [0.1, 0.15) is 41.5 Å². The first-order valence-corrected chi connectivity index (χ1v) is 9.88. The standard InChI is InChI=1S/C14H28O5Si/c1-9-17-12(15)10(2)18-13(16)11(3)19-20(7,8)14(4,5)6/h10-11H,9H2,1-8H3/t10-,11+/m0/s1. The highest BCUT2D eigenvalue weighted by atomic mass is 28.4. The number of carbonyl (C=O) groups excluding carboxylic acids is 2. The normalized spacial score (nSPS) is 15.4. The Morgan fingerprint density at radius 1 is 1.05 bits per heavy atom. The van der Waals surface area contributed by atoms with Crippen molar-refractivity contribution in [2.24, 2.45) is 0 Å². The minimum atomic E-state index is -2.04. The molecule has 0 aliphatic carbocycles. The van der Waals surface area contributed by atoms with Crippen molar-refractivity contribution < 1.29 is 23.5 Å². The Morgan fingerprint density at radius 3 is 1.95 bits per heavy atom. The summed E-state index contributed by atoms with van der Waals surface area (Å²) in [5.41, 5.74) is 0. The molecule has 0 spiro atoms. The monoisotopic (exact) mass is 304 g/mol. The summed E-state index contributed by atoms with van der Waals surface area (Å²) < 4.78 is 15.8. The van der Waals surface area contributed by atoms with E-state index in [0.29, 0.717) is 0 Å². The maximum absolute atomic E-state index is 11.9. The van der Waals surface area contributed by atoms with Gasteiger partial charge in [0.05, 0.1) is 6.61 Å². The zero-order valence-electron chi connectivity index (χ0n) is 13.9. The average Bonchev–Trinajstić information content (AvgIpc) is 2.26. The van der Waals surface area contributed by atoms with Gasteiger partial charge in [-0.1, -0.05) is 20.8 Å². The van der Waals surface area contributed by atoms with E-state index in [1.165, 1.54) is 6.92 Å². The zero-order chi connectivity index (χ0) is 16.1. The van der Waals surface area contributed by atoms with Gasteiger partial charge in [-0.25, -0.2) is 9.59 Å². The second-order valence-corrected chi connectivity index (χ2v) is 11.1. The summed E-state index contributed by atoms with van der Waals surface area (Å²) >= 11 is 0. The summed E-state index contributed by atoms with van der Waals surface area (Å²) in [4.78, 5) is 23.3. The van der Waals surface area contributed by atoms with Crippen molar-refractivity contribution in [3.63, 3.8) is 0 Å². The van der Waals surface area contributed by atoms with Crippen molar-refractivity contribution >= 4 is 20.3 Å². The van der Waals surface area contributed by atoms with Gasteiger partial charge in [0.2, 0.25) is 0 Å². The van der Waals surface area contributed by atoms with Crippen LogP contribution in [0.3, 0.4) is 0 Å². The third kappa shape index (κ3) is 5.62. The lowest BCUT2D eigenvalue weighted by Crippen LogP contribution is -2.46. The lowest BCUT2D eigenvalue weighted by atomic mass is 10.2. The SMILES string of the molecule is CCOC(=O)[C@H](C)OC(=O)[C@@H](C)O[Si](C)(C)C(C)(C)C. The van der Waals surface area contributed by atoms with E-state index >= 15 is 0 Å². The molecule has 0 saturated heterocycles. The van der Waals surface area contributed by atoms with Crippen LogP contribution in [-0.2, 0) is 23.5 Å². The van der Waals surface area contributed by atoms with E-state index in [2.05, 4.69) is 33.9 Å².